The summed E-state index contributed by atoms with van der Waals surface area (Å²) >= 11 is 0. The van der Waals surface area contributed by atoms with Gasteiger partial charge in [-0.05, 0) is 12.3 Å². The summed E-state index contributed by atoms with van der Waals surface area (Å²) < 4.78 is 5.42. The molecule has 3 unspecified atom stereocenters. The molecule has 0 amide bonds. The molecule has 1 heterocycles. The summed E-state index contributed by atoms with van der Waals surface area (Å²) in [6, 6.07) is -0.146. The molecule has 3 atom stereocenters. The fourth-order valence-electron chi connectivity index (χ4n) is 1.38. The van der Waals surface area contributed by atoms with E-state index in [1.807, 2.05) is 0 Å². The summed E-state index contributed by atoms with van der Waals surface area (Å²) in [4.78, 5) is 0. The Morgan fingerprint density at radius 2 is 2.55 bits per heavy atom. The summed E-state index contributed by atoms with van der Waals surface area (Å²) in [5.74, 6) is 8.32. The molecule has 0 radical (unpaired) electrons. The van der Waals surface area contributed by atoms with Crippen molar-refractivity contribution < 1.29 is 4.74 Å². The minimum atomic E-state index is -0.146. The van der Waals surface area contributed by atoms with Gasteiger partial charge in [0.2, 0.25) is 0 Å². The van der Waals surface area contributed by atoms with Gasteiger partial charge in [-0.2, -0.15) is 0 Å². The van der Waals surface area contributed by atoms with E-state index in [1.165, 1.54) is 0 Å². The minimum absolute atomic E-state index is 0.0880. The topological polar surface area (TPSA) is 47.3 Å². The molecule has 1 rings (SSSR count). The summed E-state index contributed by atoms with van der Waals surface area (Å²) in [7, 11) is 0. The first-order chi connectivity index (χ1) is 5.29. The van der Waals surface area contributed by atoms with Crippen molar-refractivity contribution in [3.63, 3.8) is 0 Å². The average molecular weight is 154 g/mol. The van der Waals surface area contributed by atoms with Crippen LogP contribution in [-0.4, -0.2) is 18.8 Å². The van der Waals surface area contributed by atoms with Crippen molar-refractivity contribution in [1.82, 2.24) is 5.43 Å². The summed E-state index contributed by atoms with van der Waals surface area (Å²) in [5.41, 5.74) is 2.56. The molecule has 0 aromatic rings. The van der Waals surface area contributed by atoms with Gasteiger partial charge in [0, 0.05) is 6.61 Å². The van der Waals surface area contributed by atoms with Crippen LogP contribution in [0.25, 0.3) is 0 Å². The van der Waals surface area contributed by atoms with Crippen LogP contribution in [0.5, 0.6) is 0 Å². The van der Waals surface area contributed by atoms with Crippen LogP contribution in [0.1, 0.15) is 13.3 Å². The van der Waals surface area contributed by atoms with E-state index in [1.54, 1.807) is 0 Å². The van der Waals surface area contributed by atoms with Gasteiger partial charge in [0.1, 0.15) is 6.04 Å². The van der Waals surface area contributed by atoms with Crippen LogP contribution in [0.2, 0.25) is 0 Å². The van der Waals surface area contributed by atoms with Crippen molar-refractivity contribution in [2.24, 2.45) is 11.8 Å². The van der Waals surface area contributed by atoms with Gasteiger partial charge in [-0.1, -0.05) is 12.8 Å². The van der Waals surface area contributed by atoms with Crippen LogP contribution >= 0.6 is 0 Å². The second kappa shape index (κ2) is 3.72. The fourth-order valence-corrected chi connectivity index (χ4v) is 1.38. The third-order valence-electron chi connectivity index (χ3n) is 2.13. The summed E-state index contributed by atoms with van der Waals surface area (Å²) in [6.07, 6.45) is 6.41. The molecule has 0 aliphatic carbocycles. The molecule has 0 aromatic carbocycles. The first kappa shape index (κ1) is 8.54. The summed E-state index contributed by atoms with van der Waals surface area (Å²) in [6.45, 7) is 2.92. The van der Waals surface area contributed by atoms with Crippen LogP contribution in [0.15, 0.2) is 0 Å². The highest BCUT2D eigenvalue weighted by atomic mass is 16.5. The number of terminal acetylenes is 1. The van der Waals surface area contributed by atoms with E-state index in [4.69, 9.17) is 17.0 Å². The maximum absolute atomic E-state index is 5.42. The Bertz CT molecular complexity index is 164. The number of rotatable bonds is 2. The second-order valence-electron chi connectivity index (χ2n) is 2.91. The molecule has 11 heavy (non-hydrogen) atoms. The number of hydrazine groups is 1. The van der Waals surface area contributed by atoms with Gasteiger partial charge in [0.05, 0.1) is 6.10 Å². The van der Waals surface area contributed by atoms with Gasteiger partial charge < -0.3 is 4.74 Å². The SMILES string of the molecule is C#CC(NN)C1OCCC1C. The third-order valence-corrected chi connectivity index (χ3v) is 2.13. The maximum atomic E-state index is 5.42. The smallest absolute Gasteiger partial charge is 0.108 e. The maximum Gasteiger partial charge on any atom is 0.108 e. The van der Waals surface area contributed by atoms with Gasteiger partial charge >= 0.3 is 0 Å². The van der Waals surface area contributed by atoms with Crippen LogP contribution in [0.4, 0.5) is 0 Å². The van der Waals surface area contributed by atoms with E-state index in [2.05, 4.69) is 18.3 Å². The molecule has 1 aliphatic rings. The molecule has 1 fully saturated rings. The fraction of sp³-hybridized carbons (Fsp3) is 0.750. The predicted molar refractivity (Wildman–Crippen MR) is 43.5 cm³/mol. The van der Waals surface area contributed by atoms with Gasteiger partial charge in [0.15, 0.2) is 0 Å². The predicted octanol–water partition coefficient (Wildman–Crippen LogP) is -0.124. The van der Waals surface area contributed by atoms with Gasteiger partial charge in [0.25, 0.3) is 0 Å². The zero-order chi connectivity index (χ0) is 8.27. The molecule has 3 N–H and O–H groups in total. The Morgan fingerprint density at radius 3 is 2.91 bits per heavy atom. The lowest BCUT2D eigenvalue weighted by atomic mass is 9.99. The molecule has 1 saturated heterocycles. The van der Waals surface area contributed by atoms with E-state index in [0.29, 0.717) is 5.92 Å². The lowest BCUT2D eigenvalue weighted by Gasteiger charge is -2.20. The lowest BCUT2D eigenvalue weighted by Crippen LogP contribution is -2.44. The third kappa shape index (κ3) is 1.72. The Labute approximate surface area is 67.3 Å². The molecule has 62 valence electrons. The van der Waals surface area contributed by atoms with Crippen LogP contribution < -0.4 is 11.3 Å². The molecule has 0 spiro atoms. The highest BCUT2D eigenvalue weighted by Gasteiger charge is 2.30. The molecule has 3 nitrogen and oxygen atoms in total. The van der Waals surface area contributed by atoms with E-state index < -0.39 is 0 Å². The van der Waals surface area contributed by atoms with E-state index in [9.17, 15) is 0 Å². The first-order valence-electron chi connectivity index (χ1n) is 3.83. The molecule has 0 bridgehead atoms. The molecule has 0 aromatic heterocycles. The van der Waals surface area contributed by atoms with Gasteiger partial charge in [-0.3, -0.25) is 5.84 Å². The minimum Gasteiger partial charge on any atom is -0.375 e. The average Bonchev–Trinajstić information content (AvgIpc) is 2.40. The molecular weight excluding hydrogens is 140 g/mol. The van der Waals surface area contributed by atoms with Crippen molar-refractivity contribution in [2.45, 2.75) is 25.5 Å². The standard InChI is InChI=1S/C8H14N2O/c1-3-7(10-9)8-6(2)4-5-11-8/h1,6-8,10H,4-5,9H2,2H3. The Morgan fingerprint density at radius 1 is 1.82 bits per heavy atom. The van der Waals surface area contributed by atoms with E-state index in [-0.39, 0.29) is 12.1 Å². The zero-order valence-electron chi connectivity index (χ0n) is 6.71. The number of ether oxygens (including phenoxy) is 1. The van der Waals surface area contributed by atoms with Crippen molar-refractivity contribution >= 4 is 0 Å². The van der Waals surface area contributed by atoms with Crippen molar-refractivity contribution in [3.05, 3.63) is 0 Å². The molecular formula is C8H14N2O. The highest BCUT2D eigenvalue weighted by Crippen LogP contribution is 2.22. The number of hydrogen-bond acceptors (Lipinski definition) is 3. The highest BCUT2D eigenvalue weighted by molar-refractivity contribution is 5.04. The number of nitrogens with one attached hydrogen (secondary N) is 1. The second-order valence-corrected chi connectivity index (χ2v) is 2.91. The quantitative estimate of drug-likeness (QED) is 0.331. The van der Waals surface area contributed by atoms with E-state index in [0.717, 1.165) is 13.0 Å². The first-order valence-corrected chi connectivity index (χ1v) is 3.83. The van der Waals surface area contributed by atoms with Crippen LogP contribution in [0, 0.1) is 18.3 Å². The largest absolute Gasteiger partial charge is 0.375 e. The Balaban J connectivity index is 2.51. The Hall–Kier alpha value is -0.560. The number of hydrogen-bond donors (Lipinski definition) is 2. The van der Waals surface area contributed by atoms with Crippen molar-refractivity contribution in [3.8, 4) is 12.3 Å². The summed E-state index contributed by atoms with van der Waals surface area (Å²) in [5, 5.41) is 0. The molecule has 3 heteroatoms. The van der Waals surface area contributed by atoms with Crippen LogP contribution in [0.3, 0.4) is 0 Å². The lowest BCUT2D eigenvalue weighted by molar-refractivity contribution is 0.0768. The Kier molecular flexibility index (Phi) is 2.89. The van der Waals surface area contributed by atoms with Gasteiger partial charge in [-0.15, -0.1) is 6.42 Å². The van der Waals surface area contributed by atoms with Crippen molar-refractivity contribution in [2.75, 3.05) is 6.61 Å². The monoisotopic (exact) mass is 154 g/mol. The molecule has 1 aliphatic heterocycles. The number of nitrogens with two attached hydrogens (primary N) is 1. The zero-order valence-corrected chi connectivity index (χ0v) is 6.71. The normalized spacial score (nSPS) is 33.2. The van der Waals surface area contributed by atoms with Crippen LogP contribution in [-0.2, 0) is 4.74 Å². The van der Waals surface area contributed by atoms with E-state index >= 15 is 0 Å². The van der Waals surface area contributed by atoms with Gasteiger partial charge in [-0.25, -0.2) is 5.43 Å². The van der Waals surface area contributed by atoms with Crippen molar-refractivity contribution in [1.29, 1.82) is 0 Å². The molecule has 0 saturated carbocycles.